The summed E-state index contributed by atoms with van der Waals surface area (Å²) < 4.78 is 5.66. The van der Waals surface area contributed by atoms with Gasteiger partial charge in [0.2, 0.25) is 0 Å². The summed E-state index contributed by atoms with van der Waals surface area (Å²) >= 11 is 12.2. The SMILES string of the molecule is O=C(Cc1c(Cl)cccc1Cl)c1ccc(OC2CC2)cc1. The monoisotopic (exact) mass is 320 g/mol. The molecule has 2 aromatic rings. The number of carbonyl (C=O) groups excluding carboxylic acids is 1. The second kappa shape index (κ2) is 6.08. The predicted octanol–water partition coefficient (Wildman–Crippen LogP) is 4.96. The molecule has 0 saturated heterocycles. The van der Waals surface area contributed by atoms with Crippen LogP contribution in [0.1, 0.15) is 28.8 Å². The number of hydrogen-bond acceptors (Lipinski definition) is 2. The minimum atomic E-state index is -0.0111. The average Bonchev–Trinajstić information content (AvgIpc) is 3.28. The maximum Gasteiger partial charge on any atom is 0.167 e. The molecule has 1 fully saturated rings. The Morgan fingerprint density at radius 2 is 1.67 bits per heavy atom. The van der Waals surface area contributed by atoms with Gasteiger partial charge in [-0.15, -0.1) is 0 Å². The van der Waals surface area contributed by atoms with Crippen molar-refractivity contribution in [2.75, 3.05) is 0 Å². The van der Waals surface area contributed by atoms with E-state index in [1.807, 2.05) is 12.1 Å². The lowest BCUT2D eigenvalue weighted by Crippen LogP contribution is -2.05. The van der Waals surface area contributed by atoms with E-state index in [0.717, 1.165) is 18.6 Å². The summed E-state index contributed by atoms with van der Waals surface area (Å²) in [5.74, 6) is 0.799. The molecule has 0 spiro atoms. The molecule has 21 heavy (non-hydrogen) atoms. The summed E-state index contributed by atoms with van der Waals surface area (Å²) in [6, 6.07) is 12.5. The minimum Gasteiger partial charge on any atom is -0.490 e. The highest BCUT2D eigenvalue weighted by atomic mass is 35.5. The van der Waals surface area contributed by atoms with Crippen LogP contribution in [-0.4, -0.2) is 11.9 Å². The van der Waals surface area contributed by atoms with Crippen molar-refractivity contribution in [2.24, 2.45) is 0 Å². The van der Waals surface area contributed by atoms with Crippen LogP contribution < -0.4 is 4.74 Å². The fourth-order valence-electron chi connectivity index (χ4n) is 2.06. The highest BCUT2D eigenvalue weighted by Crippen LogP contribution is 2.28. The van der Waals surface area contributed by atoms with Crippen LogP contribution in [0.25, 0.3) is 0 Å². The van der Waals surface area contributed by atoms with E-state index in [-0.39, 0.29) is 12.2 Å². The van der Waals surface area contributed by atoms with E-state index >= 15 is 0 Å². The normalized spacial score (nSPS) is 14.0. The first kappa shape index (κ1) is 14.4. The fourth-order valence-corrected chi connectivity index (χ4v) is 2.59. The Labute approximate surface area is 133 Å². The molecule has 1 aliphatic carbocycles. The van der Waals surface area contributed by atoms with E-state index in [4.69, 9.17) is 27.9 Å². The van der Waals surface area contributed by atoms with Crippen LogP contribution >= 0.6 is 23.2 Å². The Bertz CT molecular complexity index is 641. The molecular weight excluding hydrogens is 307 g/mol. The molecular formula is C17H14Cl2O2. The lowest BCUT2D eigenvalue weighted by atomic mass is 10.0. The van der Waals surface area contributed by atoms with Crippen molar-refractivity contribution < 1.29 is 9.53 Å². The summed E-state index contributed by atoms with van der Waals surface area (Å²) in [7, 11) is 0. The number of halogens is 2. The first-order valence-electron chi connectivity index (χ1n) is 6.86. The molecule has 0 bridgehead atoms. The maximum atomic E-state index is 12.3. The van der Waals surface area contributed by atoms with Gasteiger partial charge >= 0.3 is 0 Å². The Morgan fingerprint density at radius 3 is 2.24 bits per heavy atom. The molecule has 0 amide bonds. The third-order valence-electron chi connectivity index (χ3n) is 3.40. The minimum absolute atomic E-state index is 0.0111. The van der Waals surface area contributed by atoms with Gasteiger partial charge in [0.25, 0.3) is 0 Å². The largest absolute Gasteiger partial charge is 0.490 e. The van der Waals surface area contributed by atoms with Gasteiger partial charge in [-0.2, -0.15) is 0 Å². The molecule has 0 aromatic heterocycles. The van der Waals surface area contributed by atoms with Crippen molar-refractivity contribution in [3.63, 3.8) is 0 Å². The molecule has 4 heteroatoms. The van der Waals surface area contributed by atoms with Crippen molar-refractivity contribution in [2.45, 2.75) is 25.4 Å². The van der Waals surface area contributed by atoms with E-state index in [0.29, 0.717) is 27.3 Å². The molecule has 0 N–H and O–H groups in total. The second-order valence-electron chi connectivity index (χ2n) is 5.14. The van der Waals surface area contributed by atoms with Crippen molar-refractivity contribution >= 4 is 29.0 Å². The molecule has 0 unspecified atom stereocenters. The van der Waals surface area contributed by atoms with Crippen molar-refractivity contribution in [1.82, 2.24) is 0 Å². The second-order valence-corrected chi connectivity index (χ2v) is 5.96. The number of rotatable bonds is 5. The van der Waals surface area contributed by atoms with Gasteiger partial charge in [0.15, 0.2) is 5.78 Å². The number of ether oxygens (including phenoxy) is 1. The van der Waals surface area contributed by atoms with Crippen LogP contribution in [0, 0.1) is 0 Å². The number of ketones is 1. The van der Waals surface area contributed by atoms with Gasteiger partial charge in [0, 0.05) is 22.0 Å². The fraction of sp³-hybridized carbons (Fsp3) is 0.235. The Kier molecular flexibility index (Phi) is 4.18. The van der Waals surface area contributed by atoms with E-state index in [2.05, 4.69) is 0 Å². The first-order chi connectivity index (χ1) is 10.1. The molecule has 0 radical (unpaired) electrons. The van der Waals surface area contributed by atoms with E-state index in [1.165, 1.54) is 0 Å². The van der Waals surface area contributed by atoms with Crippen LogP contribution in [0.5, 0.6) is 5.75 Å². The zero-order chi connectivity index (χ0) is 14.8. The Balaban J connectivity index is 1.72. The van der Waals surface area contributed by atoms with Gasteiger partial charge in [0.1, 0.15) is 5.75 Å². The summed E-state index contributed by atoms with van der Waals surface area (Å²) in [4.78, 5) is 12.3. The quantitative estimate of drug-likeness (QED) is 0.728. The summed E-state index contributed by atoms with van der Waals surface area (Å²) in [6.07, 6.45) is 2.78. The van der Waals surface area contributed by atoms with Crippen LogP contribution in [-0.2, 0) is 6.42 Å². The van der Waals surface area contributed by atoms with Gasteiger partial charge in [-0.25, -0.2) is 0 Å². The maximum absolute atomic E-state index is 12.3. The zero-order valence-electron chi connectivity index (χ0n) is 11.3. The standard InChI is InChI=1S/C17H14Cl2O2/c18-15-2-1-3-16(19)14(15)10-17(20)11-4-6-12(7-5-11)21-13-8-9-13/h1-7,13H,8-10H2. The predicted molar refractivity (Wildman–Crippen MR) is 84.6 cm³/mol. The van der Waals surface area contributed by atoms with E-state index < -0.39 is 0 Å². The molecule has 2 nitrogen and oxygen atoms in total. The number of hydrogen-bond donors (Lipinski definition) is 0. The van der Waals surface area contributed by atoms with Crippen molar-refractivity contribution in [3.8, 4) is 5.75 Å². The van der Waals surface area contributed by atoms with Crippen LogP contribution in [0.15, 0.2) is 42.5 Å². The molecule has 1 aliphatic rings. The molecule has 0 heterocycles. The Hall–Kier alpha value is -1.51. The van der Waals surface area contributed by atoms with Gasteiger partial charge in [-0.05, 0) is 54.8 Å². The molecule has 3 rings (SSSR count). The summed E-state index contributed by atoms with van der Waals surface area (Å²) in [5, 5.41) is 1.04. The van der Waals surface area contributed by atoms with Gasteiger partial charge in [0.05, 0.1) is 6.10 Å². The van der Waals surface area contributed by atoms with Gasteiger partial charge in [-0.3, -0.25) is 4.79 Å². The highest BCUT2D eigenvalue weighted by molar-refractivity contribution is 6.36. The van der Waals surface area contributed by atoms with Gasteiger partial charge in [-0.1, -0.05) is 29.3 Å². The lowest BCUT2D eigenvalue weighted by molar-refractivity contribution is 0.0993. The summed E-state index contributed by atoms with van der Waals surface area (Å²) in [5.41, 5.74) is 1.30. The lowest BCUT2D eigenvalue weighted by Gasteiger charge is -2.08. The Morgan fingerprint density at radius 1 is 1.05 bits per heavy atom. The van der Waals surface area contributed by atoms with Gasteiger partial charge < -0.3 is 4.74 Å². The molecule has 108 valence electrons. The zero-order valence-corrected chi connectivity index (χ0v) is 12.8. The summed E-state index contributed by atoms with van der Waals surface area (Å²) in [6.45, 7) is 0. The number of Topliss-reactive ketones (excluding diaryl/α,β-unsaturated/α-hetero) is 1. The topological polar surface area (TPSA) is 26.3 Å². The van der Waals surface area contributed by atoms with Crippen molar-refractivity contribution in [3.05, 3.63) is 63.6 Å². The molecule has 0 aliphatic heterocycles. The third-order valence-corrected chi connectivity index (χ3v) is 4.11. The molecule has 2 aromatic carbocycles. The van der Waals surface area contributed by atoms with Crippen LogP contribution in [0.2, 0.25) is 10.0 Å². The average molecular weight is 321 g/mol. The van der Waals surface area contributed by atoms with Crippen LogP contribution in [0.3, 0.4) is 0 Å². The molecule has 1 saturated carbocycles. The molecule has 0 atom stereocenters. The number of benzene rings is 2. The van der Waals surface area contributed by atoms with E-state index in [9.17, 15) is 4.79 Å². The number of carbonyl (C=O) groups is 1. The van der Waals surface area contributed by atoms with Crippen LogP contribution in [0.4, 0.5) is 0 Å². The smallest absolute Gasteiger partial charge is 0.167 e. The highest BCUT2D eigenvalue weighted by Gasteiger charge is 2.23. The van der Waals surface area contributed by atoms with Crippen molar-refractivity contribution in [1.29, 1.82) is 0 Å². The first-order valence-corrected chi connectivity index (χ1v) is 7.62. The third kappa shape index (κ3) is 3.58. The van der Waals surface area contributed by atoms with E-state index in [1.54, 1.807) is 30.3 Å².